The van der Waals surface area contributed by atoms with Crippen LogP contribution in [0.1, 0.15) is 0 Å². The number of aromatic nitrogens is 1. The number of rotatable bonds is 6. The van der Waals surface area contributed by atoms with Crippen LogP contribution in [0.5, 0.6) is 0 Å². The van der Waals surface area contributed by atoms with Crippen molar-refractivity contribution < 1.29 is 8.83 Å². The van der Waals surface area contributed by atoms with E-state index in [-0.39, 0.29) is 0 Å². The highest BCUT2D eigenvalue weighted by atomic mass is 32.1. The van der Waals surface area contributed by atoms with Crippen molar-refractivity contribution in [2.24, 2.45) is 0 Å². The Labute approximate surface area is 314 Å². The second kappa shape index (κ2) is 12.3. The molecule has 0 radical (unpaired) electrons. The third-order valence-electron chi connectivity index (χ3n) is 10.3. The number of nitrogens with zero attached hydrogens (tertiary/aromatic N) is 2. The smallest absolute Gasteiger partial charge is 0.227 e. The zero-order chi connectivity index (χ0) is 35.6. The van der Waals surface area contributed by atoms with Gasteiger partial charge >= 0.3 is 0 Å². The lowest BCUT2D eigenvalue weighted by molar-refractivity contribution is 0.620. The van der Waals surface area contributed by atoms with E-state index in [9.17, 15) is 0 Å². The van der Waals surface area contributed by atoms with Gasteiger partial charge in [-0.15, -0.1) is 11.3 Å². The van der Waals surface area contributed by atoms with Gasteiger partial charge in [-0.25, -0.2) is 4.98 Å². The normalized spacial score (nSPS) is 11.7. The van der Waals surface area contributed by atoms with Gasteiger partial charge in [0.25, 0.3) is 0 Å². The highest BCUT2D eigenvalue weighted by Crippen LogP contribution is 2.49. The molecule has 0 unspecified atom stereocenters. The van der Waals surface area contributed by atoms with Crippen molar-refractivity contribution >= 4 is 81.6 Å². The van der Waals surface area contributed by atoms with E-state index in [2.05, 4.69) is 132 Å². The average molecular weight is 711 g/mol. The largest absolute Gasteiger partial charge is 0.456 e. The van der Waals surface area contributed by atoms with Crippen LogP contribution in [0, 0.1) is 0 Å². The van der Waals surface area contributed by atoms with Gasteiger partial charge in [0, 0.05) is 48.6 Å². The van der Waals surface area contributed by atoms with Crippen molar-refractivity contribution in [3.63, 3.8) is 0 Å². The molecule has 4 nitrogen and oxygen atoms in total. The minimum Gasteiger partial charge on any atom is -0.456 e. The Morgan fingerprint density at radius 2 is 1.11 bits per heavy atom. The van der Waals surface area contributed by atoms with Gasteiger partial charge in [-0.05, 0) is 76.9 Å². The number of benzene rings is 8. The van der Waals surface area contributed by atoms with Crippen LogP contribution in [0.25, 0.3) is 86.9 Å². The maximum atomic E-state index is 6.85. The van der Waals surface area contributed by atoms with Crippen LogP contribution in [-0.4, -0.2) is 4.98 Å². The van der Waals surface area contributed by atoms with E-state index in [0.29, 0.717) is 11.5 Å². The van der Waals surface area contributed by atoms with Crippen LogP contribution in [0.3, 0.4) is 0 Å². The molecule has 0 atom stereocenters. The predicted octanol–water partition coefficient (Wildman–Crippen LogP) is 14.6. The summed E-state index contributed by atoms with van der Waals surface area (Å²) >= 11 is 1.84. The molecule has 254 valence electrons. The van der Waals surface area contributed by atoms with E-state index < -0.39 is 0 Å². The second-order valence-corrected chi connectivity index (χ2v) is 14.6. The van der Waals surface area contributed by atoms with E-state index >= 15 is 0 Å². The van der Waals surface area contributed by atoms with Crippen molar-refractivity contribution in [2.75, 3.05) is 4.90 Å². The molecule has 0 aliphatic heterocycles. The molecule has 54 heavy (non-hydrogen) atoms. The molecular formula is C49H30N2O2S. The third-order valence-corrected chi connectivity index (χ3v) is 11.4. The third kappa shape index (κ3) is 4.94. The zero-order valence-electron chi connectivity index (χ0n) is 28.9. The molecule has 11 rings (SSSR count). The van der Waals surface area contributed by atoms with Gasteiger partial charge < -0.3 is 13.7 Å². The Bertz CT molecular complexity index is 3160. The molecule has 0 fully saturated rings. The Kier molecular flexibility index (Phi) is 7.00. The Morgan fingerprint density at radius 3 is 1.94 bits per heavy atom. The summed E-state index contributed by atoms with van der Waals surface area (Å²) < 4.78 is 16.0. The van der Waals surface area contributed by atoms with Gasteiger partial charge in [-0.1, -0.05) is 121 Å². The highest BCUT2D eigenvalue weighted by Gasteiger charge is 2.27. The fourth-order valence-corrected chi connectivity index (χ4v) is 8.97. The van der Waals surface area contributed by atoms with Crippen LogP contribution in [-0.2, 0) is 0 Å². The fraction of sp³-hybridized carbons (Fsp3) is 0. The van der Waals surface area contributed by atoms with E-state index in [0.717, 1.165) is 61.2 Å². The number of fused-ring (bicyclic) bond motifs is 7. The van der Waals surface area contributed by atoms with Gasteiger partial charge in [0.15, 0.2) is 5.58 Å². The van der Waals surface area contributed by atoms with Crippen LogP contribution in [0.2, 0.25) is 0 Å². The van der Waals surface area contributed by atoms with Crippen LogP contribution in [0.15, 0.2) is 191 Å². The summed E-state index contributed by atoms with van der Waals surface area (Å²) in [6.45, 7) is 0. The maximum absolute atomic E-state index is 6.85. The summed E-state index contributed by atoms with van der Waals surface area (Å²) in [5.74, 6) is 0.563. The fourth-order valence-electron chi connectivity index (χ4n) is 7.83. The molecule has 3 aromatic heterocycles. The monoisotopic (exact) mass is 710 g/mol. The summed E-state index contributed by atoms with van der Waals surface area (Å²) in [6, 6.07) is 63.8. The minimum atomic E-state index is 0.563. The minimum absolute atomic E-state index is 0.563. The van der Waals surface area contributed by atoms with Crippen LogP contribution < -0.4 is 4.90 Å². The van der Waals surface area contributed by atoms with E-state index in [1.807, 2.05) is 65.9 Å². The number of thiophene rings is 1. The van der Waals surface area contributed by atoms with Gasteiger partial charge in [0.2, 0.25) is 5.89 Å². The summed E-state index contributed by atoms with van der Waals surface area (Å²) in [5.41, 5.74) is 11.4. The van der Waals surface area contributed by atoms with Gasteiger partial charge in [-0.3, -0.25) is 0 Å². The lowest BCUT2D eigenvalue weighted by Crippen LogP contribution is -2.11. The molecule has 0 aliphatic rings. The molecule has 0 saturated carbocycles. The van der Waals surface area contributed by atoms with Crippen molar-refractivity contribution in [3.05, 3.63) is 182 Å². The Balaban J connectivity index is 1.20. The molecule has 0 N–H and O–H groups in total. The summed E-state index contributed by atoms with van der Waals surface area (Å²) in [7, 11) is 0. The number of furan rings is 1. The Morgan fingerprint density at radius 1 is 0.444 bits per heavy atom. The molecule has 8 aromatic carbocycles. The van der Waals surface area contributed by atoms with Crippen molar-refractivity contribution in [2.45, 2.75) is 0 Å². The molecule has 0 spiro atoms. The summed E-state index contributed by atoms with van der Waals surface area (Å²) in [4.78, 5) is 7.37. The van der Waals surface area contributed by atoms with Crippen LogP contribution in [0.4, 0.5) is 17.1 Å². The molecule has 0 bridgehead atoms. The number of para-hydroxylation sites is 1. The number of hydrogen-bond donors (Lipinski definition) is 0. The maximum Gasteiger partial charge on any atom is 0.227 e. The van der Waals surface area contributed by atoms with Crippen molar-refractivity contribution in [1.29, 1.82) is 0 Å². The lowest BCUT2D eigenvalue weighted by atomic mass is 9.98. The first-order chi connectivity index (χ1) is 26.8. The first kappa shape index (κ1) is 30.7. The number of hydrogen-bond acceptors (Lipinski definition) is 5. The molecule has 5 heteroatoms. The summed E-state index contributed by atoms with van der Waals surface area (Å²) in [5, 5.41) is 4.54. The van der Waals surface area contributed by atoms with E-state index in [1.54, 1.807) is 0 Å². The first-order valence-corrected chi connectivity index (χ1v) is 18.8. The molecule has 0 amide bonds. The SMILES string of the molecule is c1ccc(-c2ccc(N(c3cccc(-c4cccc5sc6ccccc6c45)c3)c3c4oc(-c5ccccc5)nc4cc4oc5ccccc5c34)cc2)cc1. The number of oxazole rings is 1. The van der Waals surface area contributed by atoms with Gasteiger partial charge in [-0.2, -0.15) is 0 Å². The second-order valence-electron chi connectivity index (χ2n) is 13.5. The van der Waals surface area contributed by atoms with Gasteiger partial charge in [0.1, 0.15) is 22.4 Å². The molecule has 11 aromatic rings. The Hall–Kier alpha value is -6.95. The molecule has 3 heterocycles. The van der Waals surface area contributed by atoms with Crippen molar-refractivity contribution in [1.82, 2.24) is 4.98 Å². The number of anilines is 3. The van der Waals surface area contributed by atoms with Crippen LogP contribution >= 0.6 is 11.3 Å². The predicted molar refractivity (Wildman–Crippen MR) is 225 cm³/mol. The quantitative estimate of drug-likeness (QED) is 0.172. The molecule has 0 saturated heterocycles. The first-order valence-electron chi connectivity index (χ1n) is 18.0. The zero-order valence-corrected chi connectivity index (χ0v) is 29.8. The lowest BCUT2D eigenvalue weighted by Gasteiger charge is -2.27. The highest BCUT2D eigenvalue weighted by molar-refractivity contribution is 7.25. The van der Waals surface area contributed by atoms with E-state index in [1.165, 1.54) is 31.3 Å². The molecule has 0 aliphatic carbocycles. The summed E-state index contributed by atoms with van der Waals surface area (Å²) in [6.07, 6.45) is 0. The van der Waals surface area contributed by atoms with Gasteiger partial charge in [0.05, 0.1) is 5.39 Å². The topological polar surface area (TPSA) is 42.4 Å². The standard InChI is InChI=1S/C49H30N2O2S/c1-3-13-31(14-4-1)32-25-27-35(28-26-32)51(36-18-11-17-34(29-36)37-21-12-24-44-45(37)39-20-8-10-23-43(39)54-44)47-46-38-19-7-9-22-41(38)52-42(46)30-40-48(47)53-49(50-40)33-15-5-2-6-16-33/h1-30H. The van der Waals surface area contributed by atoms with E-state index in [4.69, 9.17) is 13.8 Å². The van der Waals surface area contributed by atoms with Crippen molar-refractivity contribution in [3.8, 4) is 33.7 Å². The average Bonchev–Trinajstić information content (AvgIpc) is 3.95. The molecular weight excluding hydrogens is 681 g/mol.